The number of nitrogens with one attached hydrogen (secondary N) is 2. The third kappa shape index (κ3) is 4.04. The Morgan fingerprint density at radius 1 is 1.30 bits per heavy atom. The highest BCUT2D eigenvalue weighted by molar-refractivity contribution is 6.30. The molecule has 30 heavy (non-hydrogen) atoms. The number of rotatable bonds is 5. The quantitative estimate of drug-likeness (QED) is 0.573. The fourth-order valence-corrected chi connectivity index (χ4v) is 5.21. The normalized spacial score (nSPS) is 28.5. The monoisotopic (exact) mass is 432 g/mol. The second-order valence-corrected chi connectivity index (χ2v) is 9.09. The molecule has 1 unspecified atom stereocenters. The standard InChI is InChI=1S/C21H29ClN6O2/c1-21(19(29)30)9-6-16(12-13-2-4-14(22)5-3-13)28(15-7-10-24-11-8-15)17(21)18-25-20(23)27-26-18/h2-5,15-17,24H,6-12H2,1H3,(H,29,30)(H3,23,25,26,27)/t16-,17+,21?/m1/s1. The minimum Gasteiger partial charge on any atom is -0.481 e. The van der Waals surface area contributed by atoms with Gasteiger partial charge in [0.1, 0.15) is 5.82 Å². The van der Waals surface area contributed by atoms with Crippen molar-refractivity contribution in [2.24, 2.45) is 5.41 Å². The summed E-state index contributed by atoms with van der Waals surface area (Å²) in [6.45, 7) is 3.67. The molecule has 2 aliphatic rings. The van der Waals surface area contributed by atoms with Crippen LogP contribution >= 0.6 is 11.6 Å². The van der Waals surface area contributed by atoms with E-state index in [-0.39, 0.29) is 18.0 Å². The number of hydrogen-bond acceptors (Lipinski definition) is 6. The van der Waals surface area contributed by atoms with Gasteiger partial charge in [0.15, 0.2) is 0 Å². The van der Waals surface area contributed by atoms with Crippen molar-refractivity contribution in [1.82, 2.24) is 25.4 Å². The van der Waals surface area contributed by atoms with Crippen LogP contribution < -0.4 is 11.1 Å². The number of halogens is 1. The first-order valence-electron chi connectivity index (χ1n) is 10.5. The van der Waals surface area contributed by atoms with E-state index in [1.54, 1.807) is 0 Å². The Bertz CT molecular complexity index is 882. The predicted molar refractivity (Wildman–Crippen MR) is 115 cm³/mol. The van der Waals surface area contributed by atoms with Crippen molar-refractivity contribution >= 4 is 23.5 Å². The van der Waals surface area contributed by atoms with E-state index in [4.69, 9.17) is 17.3 Å². The molecule has 3 atom stereocenters. The molecule has 0 bridgehead atoms. The fraction of sp³-hybridized carbons (Fsp3) is 0.571. The largest absolute Gasteiger partial charge is 0.481 e. The van der Waals surface area contributed by atoms with E-state index in [0.717, 1.165) is 38.8 Å². The molecular weight excluding hydrogens is 404 g/mol. The van der Waals surface area contributed by atoms with Gasteiger partial charge in [-0.3, -0.25) is 14.8 Å². The first kappa shape index (κ1) is 21.1. The van der Waals surface area contributed by atoms with E-state index < -0.39 is 17.4 Å². The van der Waals surface area contributed by atoms with Gasteiger partial charge in [0.25, 0.3) is 0 Å². The number of benzene rings is 1. The number of piperidine rings is 2. The highest BCUT2D eigenvalue weighted by atomic mass is 35.5. The Balaban J connectivity index is 1.74. The Kier molecular flexibility index (Phi) is 5.99. The highest BCUT2D eigenvalue weighted by Gasteiger charge is 2.53. The lowest BCUT2D eigenvalue weighted by Gasteiger charge is -2.53. The molecule has 0 amide bonds. The van der Waals surface area contributed by atoms with Gasteiger partial charge in [-0.2, -0.15) is 4.98 Å². The van der Waals surface area contributed by atoms with Crippen molar-refractivity contribution in [3.05, 3.63) is 40.7 Å². The van der Waals surface area contributed by atoms with Crippen molar-refractivity contribution in [3.63, 3.8) is 0 Å². The molecule has 0 spiro atoms. The van der Waals surface area contributed by atoms with Gasteiger partial charge in [0.05, 0.1) is 11.5 Å². The zero-order valence-corrected chi connectivity index (χ0v) is 17.9. The summed E-state index contributed by atoms with van der Waals surface area (Å²) in [5, 5.41) is 21.3. The molecule has 9 heteroatoms. The number of hydrogen-bond donors (Lipinski definition) is 4. The second kappa shape index (κ2) is 8.53. The zero-order valence-electron chi connectivity index (χ0n) is 17.1. The van der Waals surface area contributed by atoms with E-state index in [2.05, 4.69) is 37.5 Å². The summed E-state index contributed by atoms with van der Waals surface area (Å²) in [6, 6.07) is 7.95. The minimum atomic E-state index is -0.979. The maximum absolute atomic E-state index is 12.5. The lowest BCUT2D eigenvalue weighted by Crippen LogP contribution is -2.59. The van der Waals surface area contributed by atoms with E-state index in [0.29, 0.717) is 17.3 Å². The molecule has 5 N–H and O–H groups in total. The number of carboxylic acid groups (broad SMARTS) is 1. The maximum Gasteiger partial charge on any atom is 0.311 e. The van der Waals surface area contributed by atoms with Crippen LogP contribution in [0.2, 0.25) is 5.02 Å². The summed E-state index contributed by atoms with van der Waals surface area (Å²) < 4.78 is 0. The zero-order chi connectivity index (χ0) is 21.3. The number of nitrogens with zero attached hydrogens (tertiary/aromatic N) is 3. The number of anilines is 1. The van der Waals surface area contributed by atoms with Crippen LogP contribution in [0.25, 0.3) is 0 Å². The average molecular weight is 433 g/mol. The van der Waals surface area contributed by atoms with Crippen LogP contribution in [0.1, 0.15) is 50.0 Å². The lowest BCUT2D eigenvalue weighted by molar-refractivity contribution is -0.161. The third-order valence-corrected chi connectivity index (χ3v) is 6.95. The summed E-state index contributed by atoms with van der Waals surface area (Å²) in [6.07, 6.45) is 4.12. The van der Waals surface area contributed by atoms with Crippen LogP contribution in [0, 0.1) is 5.41 Å². The van der Waals surface area contributed by atoms with Gasteiger partial charge in [0, 0.05) is 17.1 Å². The molecular formula is C21H29ClN6O2. The summed E-state index contributed by atoms with van der Waals surface area (Å²) in [4.78, 5) is 19.2. The molecule has 1 aromatic carbocycles. The van der Waals surface area contributed by atoms with Crippen LogP contribution in [0.3, 0.4) is 0 Å². The van der Waals surface area contributed by atoms with Crippen molar-refractivity contribution in [2.75, 3.05) is 18.8 Å². The van der Waals surface area contributed by atoms with Gasteiger partial charge in [-0.25, -0.2) is 0 Å². The molecule has 3 heterocycles. The first-order chi connectivity index (χ1) is 14.4. The number of H-pyrrole nitrogens is 1. The van der Waals surface area contributed by atoms with E-state index in [1.165, 1.54) is 5.56 Å². The average Bonchev–Trinajstić information content (AvgIpc) is 3.17. The first-order valence-corrected chi connectivity index (χ1v) is 10.9. The SMILES string of the molecule is CC1(C(=O)O)CC[C@H](Cc2ccc(Cl)cc2)N(C2CCNCC2)[C@H]1c1nc(N)n[nH]1. The van der Waals surface area contributed by atoms with E-state index >= 15 is 0 Å². The summed E-state index contributed by atoms with van der Waals surface area (Å²) in [5.41, 5.74) is 6.02. The molecule has 0 saturated carbocycles. The highest BCUT2D eigenvalue weighted by Crippen LogP contribution is 2.49. The smallest absolute Gasteiger partial charge is 0.311 e. The summed E-state index contributed by atoms with van der Waals surface area (Å²) in [7, 11) is 0. The van der Waals surface area contributed by atoms with E-state index in [9.17, 15) is 9.90 Å². The Morgan fingerprint density at radius 3 is 2.60 bits per heavy atom. The molecule has 162 valence electrons. The van der Waals surface area contributed by atoms with Crippen LogP contribution in [0.15, 0.2) is 24.3 Å². The molecule has 4 rings (SSSR count). The molecule has 1 aromatic heterocycles. The van der Waals surface area contributed by atoms with Gasteiger partial charge in [0.2, 0.25) is 5.95 Å². The summed E-state index contributed by atoms with van der Waals surface area (Å²) in [5.74, 6) is -0.133. The number of aliphatic carboxylic acids is 1. The topological polar surface area (TPSA) is 120 Å². The van der Waals surface area contributed by atoms with Crippen molar-refractivity contribution < 1.29 is 9.90 Å². The lowest BCUT2D eigenvalue weighted by atomic mass is 9.70. The number of nitrogen functional groups attached to an aromatic ring is 1. The Morgan fingerprint density at radius 2 is 2.00 bits per heavy atom. The van der Waals surface area contributed by atoms with Crippen LogP contribution in [-0.2, 0) is 11.2 Å². The molecule has 2 aliphatic heterocycles. The number of aromatic amines is 1. The van der Waals surface area contributed by atoms with Gasteiger partial charge < -0.3 is 16.2 Å². The van der Waals surface area contributed by atoms with E-state index in [1.807, 2.05) is 19.1 Å². The van der Waals surface area contributed by atoms with Crippen LogP contribution in [-0.4, -0.2) is 56.3 Å². The second-order valence-electron chi connectivity index (χ2n) is 8.66. The number of carboxylic acids is 1. The number of nitrogens with two attached hydrogens (primary N) is 1. The number of carbonyl (C=O) groups is 1. The molecule has 0 radical (unpaired) electrons. The molecule has 2 aromatic rings. The number of aromatic nitrogens is 3. The minimum absolute atomic E-state index is 0.142. The van der Waals surface area contributed by atoms with Crippen molar-refractivity contribution in [3.8, 4) is 0 Å². The summed E-state index contributed by atoms with van der Waals surface area (Å²) >= 11 is 6.07. The molecule has 2 saturated heterocycles. The molecule has 0 aliphatic carbocycles. The molecule has 2 fully saturated rings. The van der Waals surface area contributed by atoms with Gasteiger partial charge in [-0.1, -0.05) is 23.7 Å². The fourth-order valence-electron chi connectivity index (χ4n) is 5.08. The van der Waals surface area contributed by atoms with Gasteiger partial charge >= 0.3 is 5.97 Å². The third-order valence-electron chi connectivity index (χ3n) is 6.70. The Labute approximate surface area is 181 Å². The van der Waals surface area contributed by atoms with Crippen LogP contribution in [0.5, 0.6) is 0 Å². The predicted octanol–water partition coefficient (Wildman–Crippen LogP) is 2.63. The van der Waals surface area contributed by atoms with Crippen molar-refractivity contribution in [2.45, 2.75) is 57.2 Å². The Hall–Kier alpha value is -2.16. The number of likely N-dealkylation sites (tertiary alicyclic amines) is 1. The van der Waals surface area contributed by atoms with Gasteiger partial charge in [-0.05, 0) is 69.8 Å². The van der Waals surface area contributed by atoms with Gasteiger partial charge in [-0.15, -0.1) is 5.10 Å². The molecule has 8 nitrogen and oxygen atoms in total. The van der Waals surface area contributed by atoms with Crippen molar-refractivity contribution in [1.29, 1.82) is 0 Å². The maximum atomic E-state index is 12.5. The van der Waals surface area contributed by atoms with Crippen LogP contribution in [0.4, 0.5) is 5.95 Å².